The number of nitrogens with one attached hydrogen (secondary N) is 1. The van der Waals surface area contributed by atoms with Crippen molar-refractivity contribution in [3.8, 4) is 0 Å². The van der Waals surface area contributed by atoms with Gasteiger partial charge in [0.05, 0.1) is 0 Å². The van der Waals surface area contributed by atoms with Gasteiger partial charge in [-0.3, -0.25) is 28.7 Å². The number of carbonyl (C=O) groups is 3. The summed E-state index contributed by atoms with van der Waals surface area (Å²) in [6, 6.07) is 0. The smallest absolute Gasteiger partial charge is 0.423 e. The number of ether oxygens (including phenoxy) is 4. The van der Waals surface area contributed by atoms with Crippen LogP contribution in [0.25, 0.3) is 0 Å². The third-order valence-corrected chi connectivity index (χ3v) is 3.89. The number of hydrogen-bond donors (Lipinski definition) is 1. The van der Waals surface area contributed by atoms with Crippen LogP contribution in [0.15, 0.2) is 15.8 Å². The van der Waals surface area contributed by atoms with Crippen LogP contribution < -0.4 is 11.2 Å². The second-order valence-electron chi connectivity index (χ2n) is 6.22. The maximum Gasteiger partial charge on any atom is 0.423 e. The molecular weight excluding hydrogens is 421 g/mol. The van der Waals surface area contributed by atoms with Crippen molar-refractivity contribution >= 4 is 17.9 Å². The highest BCUT2D eigenvalue weighted by atomic mass is 19.4. The van der Waals surface area contributed by atoms with E-state index in [2.05, 4.69) is 0 Å². The van der Waals surface area contributed by atoms with E-state index in [1.54, 1.807) is 0 Å². The van der Waals surface area contributed by atoms with Gasteiger partial charge in [0.2, 0.25) is 0 Å². The summed E-state index contributed by atoms with van der Waals surface area (Å²) < 4.78 is 60.0. The monoisotopic (exact) mass is 438 g/mol. The summed E-state index contributed by atoms with van der Waals surface area (Å²) in [6.45, 7) is 2.53. The summed E-state index contributed by atoms with van der Waals surface area (Å²) in [6.07, 6.45) is -10.9. The molecule has 1 fully saturated rings. The lowest BCUT2D eigenvalue weighted by Crippen LogP contribution is -2.43. The molecule has 0 aliphatic carbocycles. The van der Waals surface area contributed by atoms with Crippen LogP contribution in [-0.4, -0.2) is 52.4 Å². The SMILES string of the molecule is CC(=O)OC[C@H]1O[C@@H](n2cc(C(F)(F)F)c(=O)[nH]c2=O)C(OC(C)=O)C1OC(C)=O. The van der Waals surface area contributed by atoms with Gasteiger partial charge in [-0.1, -0.05) is 0 Å². The fraction of sp³-hybridized carbons (Fsp3) is 0.562. The molecule has 1 aromatic rings. The summed E-state index contributed by atoms with van der Waals surface area (Å²) in [5.41, 5.74) is -4.69. The van der Waals surface area contributed by atoms with Crippen molar-refractivity contribution < 1.29 is 46.5 Å². The molecule has 4 atom stereocenters. The summed E-state index contributed by atoms with van der Waals surface area (Å²) in [5.74, 6) is -2.53. The fourth-order valence-electron chi connectivity index (χ4n) is 2.79. The maximum absolute atomic E-state index is 13.1. The van der Waals surface area contributed by atoms with Crippen LogP contribution in [-0.2, 0) is 39.5 Å². The maximum atomic E-state index is 13.1. The Morgan fingerprint density at radius 1 is 1.07 bits per heavy atom. The number of alkyl halides is 3. The molecule has 2 unspecified atom stereocenters. The molecule has 11 nitrogen and oxygen atoms in total. The number of rotatable bonds is 5. The predicted molar refractivity (Wildman–Crippen MR) is 88.0 cm³/mol. The van der Waals surface area contributed by atoms with E-state index in [-0.39, 0.29) is 6.20 Å². The van der Waals surface area contributed by atoms with Crippen molar-refractivity contribution in [2.24, 2.45) is 0 Å². The van der Waals surface area contributed by atoms with E-state index in [0.29, 0.717) is 4.57 Å². The van der Waals surface area contributed by atoms with E-state index in [1.807, 2.05) is 0 Å². The molecule has 0 bridgehead atoms. The molecule has 1 saturated heterocycles. The van der Waals surface area contributed by atoms with Crippen LogP contribution in [0.1, 0.15) is 32.6 Å². The van der Waals surface area contributed by atoms with Gasteiger partial charge in [-0.15, -0.1) is 0 Å². The van der Waals surface area contributed by atoms with Crippen LogP contribution >= 0.6 is 0 Å². The van der Waals surface area contributed by atoms with Gasteiger partial charge in [0.25, 0.3) is 5.56 Å². The van der Waals surface area contributed by atoms with E-state index in [9.17, 15) is 37.1 Å². The number of carbonyl (C=O) groups excluding carboxylic acids is 3. The first-order chi connectivity index (χ1) is 13.8. The Hall–Kier alpha value is -3.16. The second-order valence-corrected chi connectivity index (χ2v) is 6.22. The molecule has 30 heavy (non-hydrogen) atoms. The van der Waals surface area contributed by atoms with Crippen LogP contribution in [0.2, 0.25) is 0 Å². The van der Waals surface area contributed by atoms with Crippen LogP contribution in [0.3, 0.4) is 0 Å². The number of aromatic nitrogens is 2. The first-order valence-electron chi connectivity index (χ1n) is 8.37. The van der Waals surface area contributed by atoms with E-state index >= 15 is 0 Å². The summed E-state index contributed by atoms with van der Waals surface area (Å²) in [4.78, 5) is 59.3. The average molecular weight is 438 g/mol. The Kier molecular flexibility index (Phi) is 6.70. The number of esters is 3. The Morgan fingerprint density at radius 3 is 2.13 bits per heavy atom. The number of aromatic amines is 1. The number of nitrogens with zero attached hydrogens (tertiary/aromatic N) is 1. The third kappa shape index (κ3) is 5.25. The van der Waals surface area contributed by atoms with Crippen molar-refractivity contribution in [2.75, 3.05) is 6.61 Å². The lowest BCUT2D eigenvalue weighted by atomic mass is 10.1. The molecule has 1 N–H and O–H groups in total. The van der Waals surface area contributed by atoms with Gasteiger partial charge in [0.1, 0.15) is 18.3 Å². The van der Waals surface area contributed by atoms with Gasteiger partial charge < -0.3 is 18.9 Å². The van der Waals surface area contributed by atoms with Gasteiger partial charge in [0, 0.05) is 27.0 Å². The van der Waals surface area contributed by atoms with Crippen LogP contribution in [0.4, 0.5) is 13.2 Å². The van der Waals surface area contributed by atoms with Crippen molar-refractivity contribution in [2.45, 2.75) is 51.5 Å². The zero-order chi connectivity index (χ0) is 22.8. The minimum Gasteiger partial charge on any atom is -0.463 e. The molecule has 0 amide bonds. The average Bonchev–Trinajstić information content (AvgIpc) is 2.88. The van der Waals surface area contributed by atoms with Crippen LogP contribution in [0, 0.1) is 0 Å². The molecule has 14 heteroatoms. The Labute approximate surface area is 165 Å². The molecule has 0 saturated carbocycles. The standard InChI is InChI=1S/C16H17F3N2O9/c1-6(22)27-5-10-11(28-7(2)23)12(29-8(3)24)14(30-10)21-4-9(16(17,18)19)13(25)20-15(21)26/h4,10-12,14H,5H2,1-3H3,(H,20,25,26)/t10-,11?,12?,14-/m1/s1. The largest absolute Gasteiger partial charge is 0.463 e. The van der Waals surface area contributed by atoms with E-state index in [4.69, 9.17) is 18.9 Å². The second kappa shape index (κ2) is 8.69. The molecule has 166 valence electrons. The molecule has 1 aromatic heterocycles. The highest BCUT2D eigenvalue weighted by Crippen LogP contribution is 2.34. The topological polar surface area (TPSA) is 143 Å². The fourth-order valence-corrected chi connectivity index (χ4v) is 2.79. The Balaban J connectivity index is 2.56. The quantitative estimate of drug-likeness (QED) is 0.492. The summed E-state index contributed by atoms with van der Waals surface area (Å²) in [7, 11) is 0. The Morgan fingerprint density at radius 2 is 1.63 bits per heavy atom. The molecule has 1 aliphatic rings. The van der Waals surface area contributed by atoms with Crippen molar-refractivity contribution in [3.05, 3.63) is 32.6 Å². The van der Waals surface area contributed by atoms with Gasteiger partial charge >= 0.3 is 29.8 Å². The van der Waals surface area contributed by atoms with Crippen molar-refractivity contribution in [3.63, 3.8) is 0 Å². The van der Waals surface area contributed by atoms with Gasteiger partial charge in [-0.05, 0) is 0 Å². The molecular formula is C16H17F3N2O9. The molecule has 0 aromatic carbocycles. The number of H-pyrrole nitrogens is 1. The minimum absolute atomic E-state index is 0.196. The Bertz CT molecular complexity index is 953. The lowest BCUT2D eigenvalue weighted by molar-refractivity contribution is -0.166. The summed E-state index contributed by atoms with van der Waals surface area (Å²) >= 11 is 0. The van der Waals surface area contributed by atoms with Crippen molar-refractivity contribution in [1.82, 2.24) is 9.55 Å². The van der Waals surface area contributed by atoms with E-state index in [0.717, 1.165) is 20.8 Å². The molecule has 0 spiro atoms. The lowest BCUT2D eigenvalue weighted by Gasteiger charge is -2.24. The normalized spacial score (nSPS) is 23.7. The first kappa shape index (κ1) is 23.1. The minimum atomic E-state index is -5.11. The van der Waals surface area contributed by atoms with Crippen molar-refractivity contribution in [1.29, 1.82) is 0 Å². The van der Waals surface area contributed by atoms with Crippen LogP contribution in [0.5, 0.6) is 0 Å². The predicted octanol–water partition coefficient (Wildman–Crippen LogP) is -0.121. The van der Waals surface area contributed by atoms with E-state index < -0.39 is 72.0 Å². The highest BCUT2D eigenvalue weighted by Gasteiger charge is 2.51. The first-order valence-corrected chi connectivity index (χ1v) is 8.37. The van der Waals surface area contributed by atoms with Gasteiger partial charge in [0.15, 0.2) is 18.4 Å². The zero-order valence-electron chi connectivity index (χ0n) is 15.8. The third-order valence-electron chi connectivity index (χ3n) is 3.89. The van der Waals surface area contributed by atoms with Gasteiger partial charge in [-0.25, -0.2) is 4.79 Å². The molecule has 0 radical (unpaired) electrons. The summed E-state index contributed by atoms with van der Waals surface area (Å²) in [5, 5.41) is 0. The number of hydrogen-bond acceptors (Lipinski definition) is 9. The van der Waals surface area contributed by atoms with E-state index in [1.165, 1.54) is 4.98 Å². The molecule has 2 rings (SSSR count). The number of halogens is 3. The molecule has 2 heterocycles. The zero-order valence-corrected chi connectivity index (χ0v) is 15.8. The molecule has 1 aliphatic heterocycles. The van der Waals surface area contributed by atoms with Gasteiger partial charge in [-0.2, -0.15) is 13.2 Å². The highest BCUT2D eigenvalue weighted by molar-refractivity contribution is 5.68.